The fourth-order valence-electron chi connectivity index (χ4n) is 2.77. The van der Waals surface area contributed by atoms with Gasteiger partial charge in [-0.05, 0) is 37.1 Å². The van der Waals surface area contributed by atoms with E-state index in [0.717, 1.165) is 37.3 Å². The van der Waals surface area contributed by atoms with Crippen LogP contribution in [0.5, 0.6) is 0 Å². The first kappa shape index (κ1) is 16.0. The van der Waals surface area contributed by atoms with Crippen LogP contribution in [0.2, 0.25) is 0 Å². The van der Waals surface area contributed by atoms with Crippen molar-refractivity contribution in [2.24, 2.45) is 0 Å². The summed E-state index contributed by atoms with van der Waals surface area (Å²) in [7, 11) is 0. The van der Waals surface area contributed by atoms with E-state index >= 15 is 0 Å². The summed E-state index contributed by atoms with van der Waals surface area (Å²) in [5.74, 6) is -0.0947. The van der Waals surface area contributed by atoms with Crippen molar-refractivity contribution in [2.45, 2.75) is 19.8 Å². The molecule has 0 unspecified atom stereocenters. The van der Waals surface area contributed by atoms with Gasteiger partial charge in [0.25, 0.3) is 5.91 Å². The van der Waals surface area contributed by atoms with E-state index in [-0.39, 0.29) is 11.8 Å². The van der Waals surface area contributed by atoms with Crippen LogP contribution in [0.1, 0.15) is 30.1 Å². The van der Waals surface area contributed by atoms with Gasteiger partial charge in [-0.2, -0.15) is 0 Å². The Morgan fingerprint density at radius 2 is 1.79 bits per heavy atom. The molecule has 0 saturated carbocycles. The summed E-state index contributed by atoms with van der Waals surface area (Å²) in [6.45, 7) is 3.10. The van der Waals surface area contributed by atoms with E-state index in [9.17, 15) is 9.59 Å². The van der Waals surface area contributed by atoms with Crippen LogP contribution >= 0.6 is 0 Å². The summed E-state index contributed by atoms with van der Waals surface area (Å²) < 4.78 is 0. The van der Waals surface area contributed by atoms with E-state index in [0.29, 0.717) is 11.3 Å². The first-order valence-corrected chi connectivity index (χ1v) is 8.01. The maximum Gasteiger partial charge on any atom is 0.255 e. The average Bonchev–Trinajstić information content (AvgIpc) is 3.08. The zero-order chi connectivity index (χ0) is 16.9. The van der Waals surface area contributed by atoms with Gasteiger partial charge in [-0.25, -0.2) is 0 Å². The van der Waals surface area contributed by atoms with E-state index in [2.05, 4.69) is 15.6 Å². The molecule has 6 nitrogen and oxygen atoms in total. The topological polar surface area (TPSA) is 74.3 Å². The molecular weight excluding hydrogens is 304 g/mol. The summed E-state index contributed by atoms with van der Waals surface area (Å²) in [5.41, 5.74) is 2.85. The van der Waals surface area contributed by atoms with Crippen molar-refractivity contribution in [3.8, 4) is 0 Å². The van der Waals surface area contributed by atoms with Crippen LogP contribution < -0.4 is 10.6 Å². The van der Waals surface area contributed by atoms with Gasteiger partial charge in [0.15, 0.2) is 0 Å². The molecule has 1 saturated heterocycles. The Morgan fingerprint density at radius 1 is 1.04 bits per heavy atom. The van der Waals surface area contributed by atoms with Gasteiger partial charge in [0.1, 0.15) is 0 Å². The lowest BCUT2D eigenvalue weighted by atomic mass is 10.2. The van der Waals surface area contributed by atoms with E-state index in [1.165, 1.54) is 6.92 Å². The zero-order valence-corrected chi connectivity index (χ0v) is 13.6. The molecule has 1 aliphatic rings. The molecule has 0 bridgehead atoms. The zero-order valence-electron chi connectivity index (χ0n) is 13.6. The van der Waals surface area contributed by atoms with Crippen molar-refractivity contribution < 1.29 is 9.59 Å². The Morgan fingerprint density at radius 3 is 2.54 bits per heavy atom. The fourth-order valence-corrected chi connectivity index (χ4v) is 2.77. The molecule has 0 spiro atoms. The van der Waals surface area contributed by atoms with Crippen molar-refractivity contribution in [3.63, 3.8) is 0 Å². The summed E-state index contributed by atoms with van der Waals surface area (Å²) >= 11 is 0. The number of hydrogen-bond acceptors (Lipinski definition) is 4. The highest BCUT2D eigenvalue weighted by molar-refractivity contribution is 5.95. The summed E-state index contributed by atoms with van der Waals surface area (Å²) in [4.78, 5) is 29.6. The predicted molar refractivity (Wildman–Crippen MR) is 93.4 cm³/mol. The number of benzene rings is 1. The van der Waals surface area contributed by atoms with E-state index < -0.39 is 0 Å². The molecule has 124 valence electrons. The van der Waals surface area contributed by atoms with Gasteiger partial charge in [-0.3, -0.25) is 14.6 Å². The second-order valence-electron chi connectivity index (χ2n) is 5.85. The normalized spacial score (nSPS) is 13.6. The Bertz CT molecular complexity index is 754. The van der Waals surface area contributed by atoms with Crippen LogP contribution in [0.25, 0.3) is 0 Å². The summed E-state index contributed by atoms with van der Waals surface area (Å²) in [6.07, 6.45) is 5.39. The van der Waals surface area contributed by atoms with Crippen LogP contribution in [0.4, 0.5) is 17.1 Å². The van der Waals surface area contributed by atoms with Crippen LogP contribution in [0.3, 0.4) is 0 Å². The predicted octanol–water partition coefficient (Wildman–Crippen LogP) is 3.02. The Labute approximate surface area is 140 Å². The minimum Gasteiger partial charge on any atom is -0.354 e. The fraction of sp³-hybridized carbons (Fsp3) is 0.278. The largest absolute Gasteiger partial charge is 0.354 e. The number of nitrogens with one attached hydrogen (secondary N) is 2. The highest BCUT2D eigenvalue weighted by atomic mass is 16.2. The molecule has 24 heavy (non-hydrogen) atoms. The molecular formula is C18H20N4O2. The first-order chi connectivity index (χ1) is 11.6. The molecule has 1 aromatic heterocycles. The number of pyridine rings is 1. The second-order valence-corrected chi connectivity index (χ2v) is 5.85. The van der Waals surface area contributed by atoms with Crippen LogP contribution in [0.15, 0.2) is 42.7 Å². The first-order valence-electron chi connectivity index (χ1n) is 8.01. The maximum atomic E-state index is 12.4. The van der Waals surface area contributed by atoms with Crippen LogP contribution in [0, 0.1) is 0 Å². The summed E-state index contributed by atoms with van der Waals surface area (Å²) in [5, 5.41) is 5.96. The number of hydrogen-bond donors (Lipinski definition) is 2. The lowest BCUT2D eigenvalue weighted by Gasteiger charge is -2.15. The molecule has 0 atom stereocenters. The maximum absolute atomic E-state index is 12.4. The molecule has 2 aromatic rings. The van der Waals surface area contributed by atoms with Gasteiger partial charge in [0.05, 0.1) is 17.4 Å². The van der Waals surface area contributed by atoms with Crippen molar-refractivity contribution in [2.75, 3.05) is 23.7 Å². The van der Waals surface area contributed by atoms with Crippen LogP contribution in [-0.4, -0.2) is 34.8 Å². The minimum absolute atomic E-state index is 0.0237. The van der Waals surface area contributed by atoms with Crippen molar-refractivity contribution in [3.05, 3.63) is 48.3 Å². The number of aromatic nitrogens is 1. The molecule has 0 radical (unpaired) electrons. The van der Waals surface area contributed by atoms with Crippen molar-refractivity contribution >= 4 is 28.9 Å². The molecule has 6 heteroatoms. The third kappa shape index (κ3) is 3.90. The number of amides is 2. The lowest BCUT2D eigenvalue weighted by Crippen LogP contribution is -2.27. The number of nitrogens with zero attached hydrogens (tertiary/aromatic N) is 2. The second kappa shape index (κ2) is 7.12. The Balaban J connectivity index is 1.74. The molecule has 1 aromatic carbocycles. The number of carbonyl (C=O) groups is 2. The smallest absolute Gasteiger partial charge is 0.255 e. The monoisotopic (exact) mass is 324 g/mol. The lowest BCUT2D eigenvalue weighted by molar-refractivity contribution is -0.114. The number of carbonyl (C=O) groups excluding carboxylic acids is 2. The molecule has 2 N–H and O–H groups in total. The molecule has 2 amide bonds. The van der Waals surface area contributed by atoms with E-state index in [1.54, 1.807) is 18.5 Å². The quantitative estimate of drug-likeness (QED) is 0.906. The highest BCUT2D eigenvalue weighted by Crippen LogP contribution is 2.21. The van der Waals surface area contributed by atoms with E-state index in [1.807, 2.05) is 29.2 Å². The van der Waals surface area contributed by atoms with Gasteiger partial charge in [0, 0.05) is 37.6 Å². The standard InChI is InChI=1S/C18H20N4O2/c1-13(23)20-15-5-4-6-16(10-15)21-17-9-14(11-19-12-17)18(24)22-7-2-3-8-22/h4-6,9-12,21H,2-3,7-8H2,1H3,(H,20,23). The molecule has 2 heterocycles. The average molecular weight is 324 g/mol. The minimum atomic E-state index is -0.118. The third-order valence-electron chi connectivity index (χ3n) is 3.85. The Kier molecular flexibility index (Phi) is 4.74. The van der Waals surface area contributed by atoms with Gasteiger partial charge in [-0.1, -0.05) is 6.07 Å². The molecule has 1 aliphatic heterocycles. The number of rotatable bonds is 4. The summed E-state index contributed by atoms with van der Waals surface area (Å²) in [6, 6.07) is 9.19. The van der Waals surface area contributed by atoms with Gasteiger partial charge in [0.2, 0.25) is 5.91 Å². The van der Waals surface area contributed by atoms with E-state index in [4.69, 9.17) is 0 Å². The van der Waals surface area contributed by atoms with Crippen LogP contribution in [-0.2, 0) is 4.79 Å². The van der Waals surface area contributed by atoms with Crippen molar-refractivity contribution in [1.82, 2.24) is 9.88 Å². The van der Waals surface area contributed by atoms with Gasteiger partial charge >= 0.3 is 0 Å². The number of anilines is 3. The molecule has 3 rings (SSSR count). The Hall–Kier alpha value is -2.89. The number of likely N-dealkylation sites (tertiary alicyclic amines) is 1. The molecule has 1 fully saturated rings. The molecule has 0 aliphatic carbocycles. The SMILES string of the molecule is CC(=O)Nc1cccc(Nc2cncc(C(=O)N3CCCC3)c2)c1. The highest BCUT2D eigenvalue weighted by Gasteiger charge is 2.19. The van der Waals surface area contributed by atoms with Gasteiger partial charge in [-0.15, -0.1) is 0 Å². The third-order valence-corrected chi connectivity index (χ3v) is 3.85. The van der Waals surface area contributed by atoms with Crippen molar-refractivity contribution in [1.29, 1.82) is 0 Å². The van der Waals surface area contributed by atoms with Gasteiger partial charge < -0.3 is 15.5 Å².